The summed E-state index contributed by atoms with van der Waals surface area (Å²) in [7, 11) is 0. The Labute approximate surface area is 180 Å². The van der Waals surface area contributed by atoms with Gasteiger partial charge in [0.05, 0.1) is 6.54 Å². The third kappa shape index (κ3) is 5.22. The fraction of sp³-hybridized carbons (Fsp3) is 0.583. The second-order valence-corrected chi connectivity index (χ2v) is 8.59. The van der Waals surface area contributed by atoms with E-state index in [1.54, 1.807) is 0 Å². The van der Waals surface area contributed by atoms with E-state index < -0.39 is 0 Å². The zero-order chi connectivity index (χ0) is 20.8. The molecule has 2 aliphatic rings. The largest absolute Gasteiger partial charge is 0.368 e. The van der Waals surface area contributed by atoms with Crippen molar-refractivity contribution >= 4 is 11.6 Å². The molecule has 3 heterocycles. The molecule has 0 saturated carbocycles. The molecule has 0 bridgehead atoms. The van der Waals surface area contributed by atoms with Gasteiger partial charge in [0.15, 0.2) is 0 Å². The van der Waals surface area contributed by atoms with Crippen LogP contribution in [0.2, 0.25) is 0 Å². The Morgan fingerprint density at radius 3 is 2.47 bits per heavy atom. The van der Waals surface area contributed by atoms with Gasteiger partial charge in [-0.25, -0.2) is 4.98 Å². The zero-order valence-electron chi connectivity index (χ0n) is 18.2. The van der Waals surface area contributed by atoms with E-state index in [1.807, 2.05) is 12.3 Å². The van der Waals surface area contributed by atoms with Gasteiger partial charge < -0.3 is 14.4 Å². The van der Waals surface area contributed by atoms with Crippen LogP contribution in [0.25, 0.3) is 0 Å². The van der Waals surface area contributed by atoms with Crippen molar-refractivity contribution in [3.05, 3.63) is 48.5 Å². The summed E-state index contributed by atoms with van der Waals surface area (Å²) in [5.41, 5.74) is 1.26. The molecule has 30 heavy (non-hydrogen) atoms. The maximum Gasteiger partial charge on any atom is 0.222 e. The SMILES string of the molecule is CCn1ccnc1CN1CCC(CCC(=O)N2CCN(c3ccccc3)CC2)CC1. The van der Waals surface area contributed by atoms with Crippen molar-refractivity contribution in [1.82, 2.24) is 19.4 Å². The Morgan fingerprint density at radius 2 is 1.77 bits per heavy atom. The van der Waals surface area contributed by atoms with Gasteiger partial charge >= 0.3 is 0 Å². The Morgan fingerprint density at radius 1 is 1.03 bits per heavy atom. The minimum absolute atomic E-state index is 0.343. The number of piperazine rings is 1. The monoisotopic (exact) mass is 409 g/mol. The predicted octanol–water partition coefficient (Wildman–Crippen LogP) is 3.24. The molecule has 0 N–H and O–H groups in total. The highest BCUT2D eigenvalue weighted by molar-refractivity contribution is 5.76. The first-order valence-electron chi connectivity index (χ1n) is 11.5. The summed E-state index contributed by atoms with van der Waals surface area (Å²) in [4.78, 5) is 24.2. The third-order valence-corrected chi connectivity index (χ3v) is 6.73. The molecule has 0 unspecified atom stereocenters. The number of hydrogen-bond donors (Lipinski definition) is 0. The van der Waals surface area contributed by atoms with Crippen LogP contribution in [0, 0.1) is 5.92 Å². The van der Waals surface area contributed by atoms with E-state index in [4.69, 9.17) is 0 Å². The lowest BCUT2D eigenvalue weighted by atomic mass is 9.92. The molecular weight excluding hydrogens is 374 g/mol. The van der Waals surface area contributed by atoms with Crippen molar-refractivity contribution in [2.45, 2.75) is 45.7 Å². The van der Waals surface area contributed by atoms with Gasteiger partial charge in [0.1, 0.15) is 5.82 Å². The number of para-hydroxylation sites is 1. The minimum Gasteiger partial charge on any atom is -0.368 e. The first-order chi connectivity index (χ1) is 14.7. The van der Waals surface area contributed by atoms with Gasteiger partial charge in [-0.05, 0) is 57.3 Å². The van der Waals surface area contributed by atoms with Gasteiger partial charge in [-0.15, -0.1) is 0 Å². The van der Waals surface area contributed by atoms with Gasteiger partial charge in [0.25, 0.3) is 0 Å². The van der Waals surface area contributed by atoms with E-state index in [1.165, 1.54) is 24.4 Å². The topological polar surface area (TPSA) is 44.6 Å². The number of aromatic nitrogens is 2. The van der Waals surface area contributed by atoms with E-state index in [9.17, 15) is 4.79 Å². The molecule has 2 saturated heterocycles. The van der Waals surface area contributed by atoms with Crippen LogP contribution in [0.5, 0.6) is 0 Å². The molecule has 162 valence electrons. The molecule has 0 radical (unpaired) electrons. The summed E-state index contributed by atoms with van der Waals surface area (Å²) >= 11 is 0. The van der Waals surface area contributed by atoms with Gasteiger partial charge in [0.2, 0.25) is 5.91 Å². The smallest absolute Gasteiger partial charge is 0.222 e. The van der Waals surface area contributed by atoms with Gasteiger partial charge in [0, 0.05) is 57.2 Å². The Kier molecular flexibility index (Phi) is 7.05. The lowest BCUT2D eigenvalue weighted by Gasteiger charge is -2.36. The summed E-state index contributed by atoms with van der Waals surface area (Å²) < 4.78 is 2.22. The Bertz CT molecular complexity index is 789. The second-order valence-electron chi connectivity index (χ2n) is 8.59. The molecule has 1 aromatic carbocycles. The van der Waals surface area contributed by atoms with Crippen molar-refractivity contribution in [3.63, 3.8) is 0 Å². The number of rotatable bonds is 7. The fourth-order valence-corrected chi connectivity index (χ4v) is 4.75. The number of likely N-dealkylation sites (tertiary alicyclic amines) is 1. The molecule has 2 fully saturated rings. The summed E-state index contributed by atoms with van der Waals surface area (Å²) in [6.45, 7) is 9.87. The summed E-state index contributed by atoms with van der Waals surface area (Å²) in [6.07, 6.45) is 8.10. The molecular formula is C24H35N5O. The first-order valence-corrected chi connectivity index (χ1v) is 11.5. The number of carbonyl (C=O) groups is 1. The molecule has 6 nitrogen and oxygen atoms in total. The fourth-order valence-electron chi connectivity index (χ4n) is 4.75. The average Bonchev–Trinajstić information content (AvgIpc) is 3.26. The summed E-state index contributed by atoms with van der Waals surface area (Å²) in [5, 5.41) is 0. The number of nitrogens with zero attached hydrogens (tertiary/aromatic N) is 5. The second kappa shape index (κ2) is 10.1. The van der Waals surface area contributed by atoms with Crippen LogP contribution in [0.1, 0.15) is 38.4 Å². The lowest BCUT2D eigenvalue weighted by Crippen LogP contribution is -2.48. The normalized spacial score (nSPS) is 18.7. The first kappa shape index (κ1) is 20.9. The highest BCUT2D eigenvalue weighted by Gasteiger charge is 2.24. The maximum atomic E-state index is 12.7. The van der Waals surface area contributed by atoms with E-state index >= 15 is 0 Å². The number of benzene rings is 1. The standard InChI is InChI=1S/C24H35N5O/c1-2-27-15-12-25-23(27)20-26-13-10-21(11-14-26)8-9-24(30)29-18-16-28(17-19-29)22-6-4-3-5-7-22/h3-7,12,15,21H,2,8-11,13-14,16-20H2,1H3. The van der Waals surface area contributed by atoms with Crippen molar-refractivity contribution in [1.29, 1.82) is 0 Å². The zero-order valence-corrected chi connectivity index (χ0v) is 18.2. The van der Waals surface area contributed by atoms with Crippen LogP contribution < -0.4 is 4.90 Å². The third-order valence-electron chi connectivity index (χ3n) is 6.73. The number of piperidine rings is 1. The highest BCUT2D eigenvalue weighted by Crippen LogP contribution is 2.24. The molecule has 0 aliphatic carbocycles. The number of aryl methyl sites for hydroxylation is 1. The van der Waals surface area contributed by atoms with Crippen LogP contribution in [-0.4, -0.2) is 64.5 Å². The van der Waals surface area contributed by atoms with Crippen LogP contribution in [0.3, 0.4) is 0 Å². The maximum absolute atomic E-state index is 12.7. The molecule has 0 spiro atoms. The van der Waals surface area contributed by atoms with Crippen LogP contribution >= 0.6 is 0 Å². The van der Waals surface area contributed by atoms with Crippen molar-refractivity contribution in [3.8, 4) is 0 Å². The molecule has 2 aliphatic heterocycles. The van der Waals surface area contributed by atoms with E-state index in [2.05, 4.69) is 61.6 Å². The van der Waals surface area contributed by atoms with Crippen molar-refractivity contribution < 1.29 is 4.79 Å². The van der Waals surface area contributed by atoms with Gasteiger partial charge in [-0.2, -0.15) is 0 Å². The molecule has 6 heteroatoms. The van der Waals surface area contributed by atoms with Crippen LogP contribution in [0.4, 0.5) is 5.69 Å². The number of anilines is 1. The Balaban J connectivity index is 1.15. The van der Waals surface area contributed by atoms with E-state index in [0.29, 0.717) is 18.2 Å². The number of imidazole rings is 1. The van der Waals surface area contributed by atoms with Crippen molar-refractivity contribution in [2.75, 3.05) is 44.2 Å². The van der Waals surface area contributed by atoms with E-state index in [0.717, 1.165) is 58.8 Å². The van der Waals surface area contributed by atoms with Crippen molar-refractivity contribution in [2.24, 2.45) is 5.92 Å². The number of amides is 1. The van der Waals surface area contributed by atoms with E-state index in [-0.39, 0.29) is 0 Å². The summed E-state index contributed by atoms with van der Waals surface area (Å²) in [6, 6.07) is 10.5. The van der Waals surface area contributed by atoms with Gasteiger partial charge in [-0.1, -0.05) is 18.2 Å². The predicted molar refractivity (Wildman–Crippen MR) is 120 cm³/mol. The minimum atomic E-state index is 0.343. The molecule has 1 aromatic heterocycles. The Hall–Kier alpha value is -2.34. The molecule has 0 atom stereocenters. The molecule has 1 amide bonds. The number of carbonyl (C=O) groups excluding carboxylic acids is 1. The quantitative estimate of drug-likeness (QED) is 0.704. The van der Waals surface area contributed by atoms with Gasteiger partial charge in [-0.3, -0.25) is 9.69 Å². The van der Waals surface area contributed by atoms with Crippen LogP contribution in [-0.2, 0) is 17.9 Å². The number of hydrogen-bond acceptors (Lipinski definition) is 4. The summed E-state index contributed by atoms with van der Waals surface area (Å²) in [5.74, 6) is 2.19. The molecule has 2 aromatic rings. The molecule has 4 rings (SSSR count). The average molecular weight is 410 g/mol. The highest BCUT2D eigenvalue weighted by atomic mass is 16.2. The van der Waals surface area contributed by atoms with Crippen LogP contribution in [0.15, 0.2) is 42.7 Å². The lowest BCUT2D eigenvalue weighted by molar-refractivity contribution is -0.131.